The van der Waals surface area contributed by atoms with Crippen LogP contribution in [0.25, 0.3) is 0 Å². The van der Waals surface area contributed by atoms with Crippen LogP contribution in [-0.2, 0) is 9.59 Å². The van der Waals surface area contributed by atoms with E-state index >= 15 is 0 Å². The van der Waals surface area contributed by atoms with Crippen LogP contribution in [0, 0.1) is 10.8 Å². The van der Waals surface area contributed by atoms with Gasteiger partial charge in [0.25, 0.3) is 0 Å². The van der Waals surface area contributed by atoms with E-state index in [0.29, 0.717) is 5.92 Å². The molecule has 0 saturated carbocycles. The maximum atomic E-state index is 8.35. The van der Waals surface area contributed by atoms with Crippen molar-refractivity contribution < 1.29 is 15.1 Å². The Morgan fingerprint density at radius 1 is 0.762 bits per heavy atom. The molecule has 0 amide bonds. The Morgan fingerprint density at radius 2 is 1.00 bits per heavy atom. The van der Waals surface area contributed by atoms with Crippen LogP contribution in [0.4, 0.5) is 0 Å². The molecule has 0 heterocycles. The lowest BCUT2D eigenvalue weighted by molar-refractivity contribution is 0.562. The van der Waals surface area contributed by atoms with Gasteiger partial charge in [0.15, 0.2) is 0 Å². The molecule has 2 aromatic rings. The first-order chi connectivity index (χ1) is 9.71. The van der Waals surface area contributed by atoms with Crippen molar-refractivity contribution in [2.75, 3.05) is 0 Å². The van der Waals surface area contributed by atoms with Crippen LogP contribution in [0.1, 0.15) is 24.0 Å². The average molecular weight is 286 g/mol. The number of carbonyl (C=O) groups excluding carboxylic acids is 2. The molecular weight excluding hydrogens is 268 g/mol. The smallest absolute Gasteiger partial charge is 0.231 e. The Hall–Kier alpha value is -2.84. The summed E-state index contributed by atoms with van der Waals surface area (Å²) in [7, 11) is 0. The highest BCUT2D eigenvalue weighted by molar-refractivity contribution is 5.31. The van der Waals surface area contributed by atoms with Crippen molar-refractivity contribution in [2.45, 2.75) is 12.8 Å². The fourth-order valence-corrected chi connectivity index (χ4v) is 1.68. The van der Waals surface area contributed by atoms with E-state index in [4.69, 9.17) is 20.4 Å². The molecule has 21 heavy (non-hydrogen) atoms. The number of hydrogen-bond acceptors (Lipinski definition) is 4. The number of isocyanates is 2. The monoisotopic (exact) mass is 286 g/mol. The lowest BCUT2D eigenvalue weighted by Crippen LogP contribution is -1.94. The van der Waals surface area contributed by atoms with E-state index in [-0.39, 0.29) is 5.48 Å². The largest absolute Gasteiger partial charge is 0.412 e. The van der Waals surface area contributed by atoms with E-state index in [0.717, 1.165) is 12.2 Å². The Kier molecular flexibility index (Phi) is 13.3. The predicted molar refractivity (Wildman–Crippen MR) is 80.8 cm³/mol. The van der Waals surface area contributed by atoms with Crippen molar-refractivity contribution in [3.05, 3.63) is 71.8 Å². The Labute approximate surface area is 123 Å². The van der Waals surface area contributed by atoms with Gasteiger partial charge in [-0.1, -0.05) is 67.6 Å². The molecule has 0 unspecified atom stereocenters. The predicted octanol–water partition coefficient (Wildman–Crippen LogP) is 2.82. The first kappa shape index (κ1) is 20.5. The first-order valence-corrected chi connectivity index (χ1v) is 5.88. The molecule has 0 aliphatic rings. The van der Waals surface area contributed by atoms with E-state index < -0.39 is 0 Å². The van der Waals surface area contributed by atoms with Crippen LogP contribution in [0.2, 0.25) is 0 Å². The standard InChI is InChI=1S/C14H14.2CHNO.H2O/c1-12(13-8-4-2-5-9-13)14-10-6-3-7-11-14;2*2-1-3;/h2-12H,1H3;2*2H;1H2. The minimum atomic E-state index is 0. The van der Waals surface area contributed by atoms with E-state index in [1.807, 2.05) is 0 Å². The molecule has 2 rings (SSSR count). The molecule has 0 aliphatic carbocycles. The zero-order chi connectivity index (χ0) is 15.2. The summed E-state index contributed by atoms with van der Waals surface area (Å²) in [5.74, 6) is 0.484. The zero-order valence-electron chi connectivity index (χ0n) is 11.7. The maximum Gasteiger partial charge on any atom is 0.231 e. The molecule has 0 saturated heterocycles. The summed E-state index contributed by atoms with van der Waals surface area (Å²) in [6.45, 7) is 2.24. The van der Waals surface area contributed by atoms with Gasteiger partial charge in [-0.05, 0) is 11.1 Å². The van der Waals surface area contributed by atoms with Crippen LogP contribution < -0.4 is 0 Å². The zero-order valence-corrected chi connectivity index (χ0v) is 11.7. The van der Waals surface area contributed by atoms with Crippen molar-refractivity contribution in [3.8, 4) is 0 Å². The quantitative estimate of drug-likeness (QED) is 0.653. The van der Waals surface area contributed by atoms with Crippen LogP contribution >= 0.6 is 0 Å². The van der Waals surface area contributed by atoms with Crippen LogP contribution in [0.5, 0.6) is 0 Å². The van der Waals surface area contributed by atoms with Gasteiger partial charge in [0.05, 0.1) is 0 Å². The van der Waals surface area contributed by atoms with Crippen molar-refractivity contribution >= 4 is 12.2 Å². The molecule has 0 atom stereocenters. The highest BCUT2D eigenvalue weighted by Crippen LogP contribution is 2.22. The van der Waals surface area contributed by atoms with Crippen LogP contribution in [0.15, 0.2) is 60.7 Å². The van der Waals surface area contributed by atoms with Gasteiger partial charge in [0.1, 0.15) is 0 Å². The molecule has 0 radical (unpaired) electrons. The van der Waals surface area contributed by atoms with Gasteiger partial charge in [-0.15, -0.1) is 0 Å². The molecule has 0 aliphatic heterocycles. The fraction of sp³-hybridized carbons (Fsp3) is 0.125. The molecule has 2 aromatic carbocycles. The normalized spacial score (nSPS) is 7.71. The van der Waals surface area contributed by atoms with Crippen LogP contribution in [0.3, 0.4) is 0 Å². The summed E-state index contributed by atoms with van der Waals surface area (Å²) in [4.78, 5) is 16.7. The van der Waals surface area contributed by atoms with Gasteiger partial charge >= 0.3 is 0 Å². The van der Waals surface area contributed by atoms with E-state index in [1.165, 1.54) is 11.1 Å². The molecule has 0 fully saturated rings. The molecule has 0 bridgehead atoms. The Morgan fingerprint density at radius 3 is 1.24 bits per heavy atom. The van der Waals surface area contributed by atoms with Crippen molar-refractivity contribution in [1.29, 1.82) is 10.8 Å². The Balaban J connectivity index is 0. The molecule has 4 N–H and O–H groups in total. The topological polar surface area (TPSA) is 113 Å². The number of nitrogens with one attached hydrogen (secondary N) is 2. The van der Waals surface area contributed by atoms with Crippen molar-refractivity contribution in [2.24, 2.45) is 0 Å². The summed E-state index contributed by atoms with van der Waals surface area (Å²) in [5.41, 5.74) is 2.75. The van der Waals surface area contributed by atoms with Gasteiger partial charge in [-0.3, -0.25) is 0 Å². The minimum Gasteiger partial charge on any atom is -0.412 e. The molecule has 5 nitrogen and oxygen atoms in total. The number of rotatable bonds is 2. The summed E-state index contributed by atoms with van der Waals surface area (Å²) in [6, 6.07) is 21.2. The van der Waals surface area contributed by atoms with Crippen LogP contribution in [-0.4, -0.2) is 17.6 Å². The third-order valence-corrected chi connectivity index (χ3v) is 2.60. The third-order valence-electron chi connectivity index (χ3n) is 2.60. The van der Waals surface area contributed by atoms with Gasteiger partial charge in [0.2, 0.25) is 12.2 Å². The second kappa shape index (κ2) is 13.6. The fourth-order valence-electron chi connectivity index (χ4n) is 1.68. The average Bonchev–Trinajstić information content (AvgIpc) is 2.50. The van der Waals surface area contributed by atoms with Gasteiger partial charge in [-0.25, -0.2) is 20.4 Å². The second-order valence-corrected chi connectivity index (χ2v) is 3.75. The van der Waals surface area contributed by atoms with Crippen molar-refractivity contribution in [1.82, 2.24) is 0 Å². The molecular formula is C16H18N2O3. The third kappa shape index (κ3) is 8.81. The number of benzene rings is 2. The SMILES string of the molecule is CC(c1ccccc1)c1ccccc1.N=C=O.N=C=O.O. The van der Waals surface area contributed by atoms with E-state index in [1.54, 1.807) is 0 Å². The highest BCUT2D eigenvalue weighted by Gasteiger charge is 2.05. The first-order valence-electron chi connectivity index (χ1n) is 5.88. The minimum absolute atomic E-state index is 0. The molecule has 5 heteroatoms. The number of hydrogen-bond donors (Lipinski definition) is 2. The highest BCUT2D eigenvalue weighted by atomic mass is 16.1. The van der Waals surface area contributed by atoms with Gasteiger partial charge in [-0.2, -0.15) is 0 Å². The van der Waals surface area contributed by atoms with Gasteiger partial charge in [0, 0.05) is 5.92 Å². The molecule has 110 valence electrons. The van der Waals surface area contributed by atoms with Gasteiger partial charge < -0.3 is 5.48 Å². The second-order valence-electron chi connectivity index (χ2n) is 3.75. The lowest BCUT2D eigenvalue weighted by atomic mass is 9.93. The lowest BCUT2D eigenvalue weighted by Gasteiger charge is -2.11. The summed E-state index contributed by atoms with van der Waals surface area (Å²) < 4.78 is 0. The van der Waals surface area contributed by atoms with Crippen molar-refractivity contribution in [3.63, 3.8) is 0 Å². The maximum absolute atomic E-state index is 8.35. The summed E-state index contributed by atoms with van der Waals surface area (Å²) in [6.07, 6.45) is 1.50. The molecule has 0 spiro atoms. The molecule has 0 aromatic heterocycles. The Bertz CT molecular complexity index is 493. The van der Waals surface area contributed by atoms with E-state index in [9.17, 15) is 0 Å². The summed E-state index contributed by atoms with van der Waals surface area (Å²) >= 11 is 0. The summed E-state index contributed by atoms with van der Waals surface area (Å²) in [5, 5.41) is 10.8. The van der Waals surface area contributed by atoms with E-state index in [2.05, 4.69) is 67.6 Å².